The molecule has 94 valence electrons. The number of aliphatic hydroxyl groups excluding tert-OH is 1. The second-order valence-corrected chi connectivity index (χ2v) is 4.44. The normalized spacial score (nSPS) is 18.9. The largest absolute Gasteiger partial charge is 0.476 e. The van der Waals surface area contributed by atoms with Crippen LogP contribution in [0.2, 0.25) is 0 Å². The van der Waals surface area contributed by atoms with Crippen LogP contribution in [0.4, 0.5) is 0 Å². The fourth-order valence-electron chi connectivity index (χ4n) is 1.82. The lowest BCUT2D eigenvalue weighted by atomic mass is 10.1. The number of aromatic carboxylic acids is 1. The quantitative estimate of drug-likeness (QED) is 0.728. The molecule has 2 heterocycles. The predicted octanol–water partition coefficient (Wildman–Crippen LogP) is -0.396. The Morgan fingerprint density at radius 3 is 2.88 bits per heavy atom. The summed E-state index contributed by atoms with van der Waals surface area (Å²) < 4.78 is 1.60. The highest BCUT2D eigenvalue weighted by Gasteiger charge is 2.29. The van der Waals surface area contributed by atoms with Crippen LogP contribution in [0.3, 0.4) is 0 Å². The van der Waals surface area contributed by atoms with Crippen molar-refractivity contribution in [1.82, 2.24) is 19.9 Å². The van der Waals surface area contributed by atoms with Crippen LogP contribution in [0.5, 0.6) is 0 Å². The van der Waals surface area contributed by atoms with Crippen LogP contribution >= 0.6 is 0 Å². The maximum Gasteiger partial charge on any atom is 0.358 e. The fourth-order valence-corrected chi connectivity index (χ4v) is 1.82. The van der Waals surface area contributed by atoms with E-state index in [-0.39, 0.29) is 17.8 Å². The van der Waals surface area contributed by atoms with Crippen LogP contribution in [-0.2, 0) is 0 Å². The number of aromatic nitrogens is 3. The lowest BCUT2D eigenvalue weighted by Crippen LogP contribution is -2.48. The maximum atomic E-state index is 10.6. The standard InChI is InChI=1S/C10H16N4O3/c1-7(15)2-3-13-4-8(5-13)14-6-9(10(16)17)11-12-14/h6-8,15H,2-5H2,1H3,(H,16,17). The Morgan fingerprint density at radius 1 is 1.65 bits per heavy atom. The number of carboxylic acids is 1. The molecule has 0 aliphatic carbocycles. The first-order chi connectivity index (χ1) is 8.06. The zero-order valence-corrected chi connectivity index (χ0v) is 9.65. The molecular weight excluding hydrogens is 224 g/mol. The number of hydrogen-bond donors (Lipinski definition) is 2. The molecule has 0 saturated carbocycles. The van der Waals surface area contributed by atoms with Gasteiger partial charge in [0.05, 0.1) is 18.3 Å². The first-order valence-electron chi connectivity index (χ1n) is 5.62. The average molecular weight is 240 g/mol. The van der Waals surface area contributed by atoms with E-state index in [9.17, 15) is 4.79 Å². The second kappa shape index (κ2) is 4.80. The van der Waals surface area contributed by atoms with Crippen LogP contribution in [0.25, 0.3) is 0 Å². The fraction of sp³-hybridized carbons (Fsp3) is 0.700. The van der Waals surface area contributed by atoms with Gasteiger partial charge in [-0.15, -0.1) is 5.10 Å². The first-order valence-corrected chi connectivity index (χ1v) is 5.62. The summed E-state index contributed by atoms with van der Waals surface area (Å²) in [6.45, 7) is 4.28. The van der Waals surface area contributed by atoms with Crippen LogP contribution < -0.4 is 0 Å². The molecule has 1 unspecified atom stereocenters. The Bertz CT molecular complexity index is 398. The monoisotopic (exact) mass is 240 g/mol. The van der Waals surface area contributed by atoms with Crippen LogP contribution in [0.15, 0.2) is 6.20 Å². The van der Waals surface area contributed by atoms with Crippen molar-refractivity contribution in [3.8, 4) is 0 Å². The van der Waals surface area contributed by atoms with Crippen molar-refractivity contribution in [3.05, 3.63) is 11.9 Å². The summed E-state index contributed by atoms with van der Waals surface area (Å²) in [6, 6.07) is 0.199. The molecule has 1 aromatic heterocycles. The Kier molecular flexibility index (Phi) is 3.39. The molecule has 2 rings (SSSR count). The van der Waals surface area contributed by atoms with Gasteiger partial charge in [-0.05, 0) is 13.3 Å². The van der Waals surface area contributed by atoms with E-state index >= 15 is 0 Å². The van der Waals surface area contributed by atoms with Crippen molar-refractivity contribution in [2.24, 2.45) is 0 Å². The summed E-state index contributed by atoms with van der Waals surface area (Å²) in [5.74, 6) is -1.05. The van der Waals surface area contributed by atoms with Crippen LogP contribution in [-0.4, -0.2) is 61.8 Å². The molecule has 7 heteroatoms. The van der Waals surface area contributed by atoms with Gasteiger partial charge in [-0.25, -0.2) is 9.48 Å². The summed E-state index contributed by atoms with van der Waals surface area (Å²) in [5.41, 5.74) is -0.0209. The number of rotatable bonds is 5. The molecule has 0 radical (unpaired) electrons. The smallest absolute Gasteiger partial charge is 0.358 e. The second-order valence-electron chi connectivity index (χ2n) is 4.44. The number of hydrogen-bond acceptors (Lipinski definition) is 5. The van der Waals surface area contributed by atoms with Gasteiger partial charge in [0.15, 0.2) is 5.69 Å². The van der Waals surface area contributed by atoms with E-state index in [0.717, 1.165) is 26.1 Å². The topological polar surface area (TPSA) is 91.5 Å². The van der Waals surface area contributed by atoms with Gasteiger partial charge in [0, 0.05) is 19.6 Å². The number of likely N-dealkylation sites (tertiary alicyclic amines) is 1. The summed E-state index contributed by atoms with van der Waals surface area (Å²) in [7, 11) is 0. The minimum absolute atomic E-state index is 0.0209. The Morgan fingerprint density at radius 2 is 2.35 bits per heavy atom. The van der Waals surface area contributed by atoms with Crippen molar-refractivity contribution >= 4 is 5.97 Å². The van der Waals surface area contributed by atoms with Gasteiger partial charge in [0.2, 0.25) is 0 Å². The van der Waals surface area contributed by atoms with Gasteiger partial charge in [-0.1, -0.05) is 5.21 Å². The molecule has 0 bridgehead atoms. The Hall–Kier alpha value is -1.47. The molecule has 0 amide bonds. The molecule has 1 atom stereocenters. The van der Waals surface area contributed by atoms with E-state index in [1.165, 1.54) is 6.20 Å². The summed E-state index contributed by atoms with van der Waals surface area (Å²) in [6.07, 6.45) is 1.93. The van der Waals surface area contributed by atoms with Crippen molar-refractivity contribution in [1.29, 1.82) is 0 Å². The van der Waals surface area contributed by atoms with E-state index in [2.05, 4.69) is 15.2 Å². The summed E-state index contributed by atoms with van der Waals surface area (Å²) in [5, 5.41) is 25.2. The van der Waals surface area contributed by atoms with Crippen LogP contribution in [0, 0.1) is 0 Å². The molecule has 2 N–H and O–H groups in total. The van der Waals surface area contributed by atoms with Gasteiger partial charge in [-0.3, -0.25) is 4.90 Å². The van der Waals surface area contributed by atoms with Gasteiger partial charge in [0.1, 0.15) is 0 Å². The molecule has 1 aromatic rings. The molecular formula is C10H16N4O3. The summed E-state index contributed by atoms with van der Waals surface area (Å²) >= 11 is 0. The Labute approximate surface area is 98.7 Å². The first kappa shape index (κ1) is 12.0. The molecule has 1 aliphatic heterocycles. The SMILES string of the molecule is CC(O)CCN1CC(n2cc(C(=O)O)nn2)C1. The molecule has 1 aliphatic rings. The van der Waals surface area contributed by atoms with Crippen molar-refractivity contribution in [3.63, 3.8) is 0 Å². The average Bonchev–Trinajstić information content (AvgIpc) is 2.63. The zero-order valence-electron chi connectivity index (χ0n) is 9.65. The predicted molar refractivity (Wildman–Crippen MR) is 58.8 cm³/mol. The van der Waals surface area contributed by atoms with Gasteiger partial charge < -0.3 is 10.2 Å². The highest BCUT2D eigenvalue weighted by atomic mass is 16.4. The third-order valence-corrected chi connectivity index (χ3v) is 2.90. The molecule has 1 saturated heterocycles. The van der Waals surface area contributed by atoms with Crippen molar-refractivity contribution < 1.29 is 15.0 Å². The van der Waals surface area contributed by atoms with E-state index in [1.807, 2.05) is 0 Å². The molecule has 1 fully saturated rings. The number of carboxylic acid groups (broad SMARTS) is 1. The van der Waals surface area contributed by atoms with Gasteiger partial charge in [0.25, 0.3) is 0 Å². The number of nitrogens with zero attached hydrogens (tertiary/aromatic N) is 4. The third-order valence-electron chi connectivity index (χ3n) is 2.90. The van der Waals surface area contributed by atoms with E-state index in [0.29, 0.717) is 0 Å². The van der Waals surface area contributed by atoms with E-state index < -0.39 is 5.97 Å². The molecule has 0 spiro atoms. The van der Waals surface area contributed by atoms with E-state index in [4.69, 9.17) is 10.2 Å². The van der Waals surface area contributed by atoms with Gasteiger partial charge >= 0.3 is 5.97 Å². The highest BCUT2D eigenvalue weighted by Crippen LogP contribution is 2.20. The molecule has 7 nitrogen and oxygen atoms in total. The maximum absolute atomic E-state index is 10.6. The minimum Gasteiger partial charge on any atom is -0.476 e. The zero-order chi connectivity index (χ0) is 12.4. The molecule has 0 aromatic carbocycles. The van der Waals surface area contributed by atoms with E-state index in [1.54, 1.807) is 11.6 Å². The summed E-state index contributed by atoms with van der Waals surface area (Å²) in [4.78, 5) is 12.8. The highest BCUT2D eigenvalue weighted by molar-refractivity contribution is 5.84. The minimum atomic E-state index is -1.05. The van der Waals surface area contributed by atoms with Crippen molar-refractivity contribution in [2.75, 3.05) is 19.6 Å². The lowest BCUT2D eigenvalue weighted by molar-refractivity contribution is 0.0688. The van der Waals surface area contributed by atoms with Gasteiger partial charge in [-0.2, -0.15) is 0 Å². The number of carbonyl (C=O) groups is 1. The lowest BCUT2D eigenvalue weighted by Gasteiger charge is -2.39. The van der Waals surface area contributed by atoms with Crippen LogP contribution in [0.1, 0.15) is 29.9 Å². The number of aliphatic hydroxyl groups is 1. The molecule has 17 heavy (non-hydrogen) atoms. The van der Waals surface area contributed by atoms with Crippen molar-refractivity contribution in [2.45, 2.75) is 25.5 Å². The third kappa shape index (κ3) is 2.80. The Balaban J connectivity index is 1.80.